The highest BCUT2D eigenvalue weighted by molar-refractivity contribution is 5.83. The van der Waals surface area contributed by atoms with Crippen LogP contribution in [0.25, 0.3) is 0 Å². The Hall–Kier alpha value is -1.59. The number of aliphatic hydroxyl groups is 1. The topological polar surface area (TPSA) is 59.0 Å². The second kappa shape index (κ2) is 6.37. The van der Waals surface area contributed by atoms with Gasteiger partial charge in [0.2, 0.25) is 0 Å². The summed E-state index contributed by atoms with van der Waals surface area (Å²) in [6.45, 7) is -7.26. The van der Waals surface area contributed by atoms with E-state index in [1.165, 1.54) is 20.3 Å². The zero-order chi connectivity index (χ0) is 28.1. The number of hydrogen-bond acceptors (Lipinski definition) is 5. The lowest BCUT2D eigenvalue weighted by atomic mass is 9.79. The fourth-order valence-corrected chi connectivity index (χ4v) is 2.72. The summed E-state index contributed by atoms with van der Waals surface area (Å²) >= 11 is 0. The number of piperidine rings is 1. The van der Waals surface area contributed by atoms with Crippen LogP contribution in [-0.2, 0) is 11.2 Å². The maximum absolute atomic E-state index is 13.5. The van der Waals surface area contributed by atoms with Gasteiger partial charge < -0.3 is 14.6 Å². The molecule has 5 heteroatoms. The minimum Gasteiger partial charge on any atom is -0.493 e. The second-order valence-corrected chi connectivity index (χ2v) is 5.71. The summed E-state index contributed by atoms with van der Waals surface area (Å²) in [6.07, 6.45) is -9.74. The number of ketones is 1. The van der Waals surface area contributed by atoms with Gasteiger partial charge in [-0.2, -0.15) is 0 Å². The van der Waals surface area contributed by atoms with E-state index in [0.29, 0.717) is 11.8 Å². The van der Waals surface area contributed by atoms with Crippen molar-refractivity contribution < 1.29 is 35.8 Å². The molecule has 5 nitrogen and oxygen atoms in total. The Morgan fingerprint density at radius 2 is 2.21 bits per heavy atom. The van der Waals surface area contributed by atoms with Crippen molar-refractivity contribution in [3.63, 3.8) is 0 Å². The van der Waals surface area contributed by atoms with E-state index in [1.54, 1.807) is 0 Å². The number of methoxy groups -OCH3 is 2. The van der Waals surface area contributed by atoms with Crippen LogP contribution >= 0.6 is 0 Å². The van der Waals surface area contributed by atoms with Gasteiger partial charge in [-0.25, -0.2) is 0 Å². The van der Waals surface area contributed by atoms with Crippen LogP contribution in [0.5, 0.6) is 11.5 Å². The number of ether oxygens (including phenoxy) is 2. The molecule has 3 atom stereocenters. The predicted molar refractivity (Wildman–Crippen MR) is 91.6 cm³/mol. The number of rotatable bonds is 4. The molecule has 2 aliphatic rings. The standard InChI is InChI=1S/C19H27NO4/c1-19(2,22)10-13-11-20-6-5-12-7-17(23-3)18(24-4)8-14(12)15(20)9-16(13)21/h7-8,13,15,22H,5-6,9-11H2,1-4H3/t13-,15-/m0/s1/i1D3,5D2,6D2,9D2,10D2,13D/t13-,15-,19?. The van der Waals surface area contributed by atoms with Gasteiger partial charge in [-0.05, 0) is 49.8 Å². The Kier molecular flexibility index (Phi) is 2.06. The molecule has 1 aromatic rings. The third-order valence-electron chi connectivity index (χ3n) is 3.76. The van der Waals surface area contributed by atoms with Gasteiger partial charge in [-0.1, -0.05) is 0 Å². The van der Waals surface area contributed by atoms with Crippen LogP contribution < -0.4 is 9.47 Å². The molecule has 0 amide bonds. The Bertz CT molecular complexity index is 1090. The molecule has 0 aromatic heterocycles. The number of aryl methyl sites for hydroxylation is 1. The van der Waals surface area contributed by atoms with Crippen LogP contribution in [-0.4, -0.2) is 48.7 Å². The highest BCUT2D eigenvalue weighted by Crippen LogP contribution is 2.42. The van der Waals surface area contributed by atoms with Crippen LogP contribution in [0, 0.1) is 5.89 Å². The summed E-state index contributed by atoms with van der Waals surface area (Å²) in [7, 11) is 2.53. The maximum Gasteiger partial charge on any atom is 0.161 e. The number of hydrogen-bond donors (Lipinski definition) is 1. The van der Waals surface area contributed by atoms with Crippen molar-refractivity contribution in [1.29, 1.82) is 0 Å². The Labute approximate surface area is 160 Å². The minimum absolute atomic E-state index is 0.0203. The van der Waals surface area contributed by atoms with Gasteiger partial charge in [-0.15, -0.1) is 0 Å². The molecule has 1 fully saturated rings. The summed E-state index contributed by atoms with van der Waals surface area (Å²) in [6, 6.07) is 0.477. The van der Waals surface area contributed by atoms with Crippen molar-refractivity contribution in [1.82, 2.24) is 4.90 Å². The summed E-state index contributed by atoms with van der Waals surface area (Å²) in [5, 5.41) is 10.6. The van der Waals surface area contributed by atoms with Crippen molar-refractivity contribution in [3.05, 3.63) is 23.3 Å². The first-order valence-electron chi connectivity index (χ1n) is 13.3. The van der Waals surface area contributed by atoms with Gasteiger partial charge in [0.05, 0.1) is 19.8 Å². The van der Waals surface area contributed by atoms with Crippen LogP contribution in [0.2, 0.25) is 0 Å². The highest BCUT2D eigenvalue weighted by Gasteiger charge is 2.40. The molecule has 2 heterocycles. The number of benzene rings is 1. The van der Waals surface area contributed by atoms with Crippen molar-refractivity contribution in [2.24, 2.45) is 5.89 Å². The molecular formula is C19H27NO4. The number of fused-ring (bicyclic) bond motifs is 3. The van der Waals surface area contributed by atoms with E-state index < -0.39 is 62.3 Å². The lowest BCUT2D eigenvalue weighted by Crippen LogP contribution is -2.47. The highest BCUT2D eigenvalue weighted by atomic mass is 16.5. The first-order valence-corrected chi connectivity index (χ1v) is 7.29. The molecule has 1 saturated heterocycles. The van der Waals surface area contributed by atoms with Gasteiger partial charge >= 0.3 is 0 Å². The van der Waals surface area contributed by atoms with E-state index in [9.17, 15) is 9.90 Å². The first-order chi connectivity index (χ1) is 16.0. The van der Waals surface area contributed by atoms with Gasteiger partial charge in [0.25, 0.3) is 0 Å². The average molecular weight is 346 g/mol. The van der Waals surface area contributed by atoms with Gasteiger partial charge in [0.1, 0.15) is 5.78 Å². The van der Waals surface area contributed by atoms with Crippen LogP contribution in [0.1, 0.15) is 60.1 Å². The van der Waals surface area contributed by atoms with Crippen LogP contribution in [0.15, 0.2) is 12.1 Å². The molecule has 1 N–H and O–H groups in total. The van der Waals surface area contributed by atoms with E-state index >= 15 is 0 Å². The molecule has 24 heavy (non-hydrogen) atoms. The summed E-state index contributed by atoms with van der Waals surface area (Å²) < 4.78 is 110. The third kappa shape index (κ3) is 3.28. The van der Waals surface area contributed by atoms with E-state index in [0.717, 1.165) is 6.07 Å². The van der Waals surface area contributed by atoms with Crippen molar-refractivity contribution in [2.45, 2.75) is 44.5 Å². The molecule has 1 aromatic carbocycles. The number of Topliss-reactive ketones (excluding diaryl/α,β-unsaturated/α-hetero) is 1. The van der Waals surface area contributed by atoms with Crippen molar-refractivity contribution in [2.75, 3.05) is 27.3 Å². The fourth-order valence-electron chi connectivity index (χ4n) is 2.72. The van der Waals surface area contributed by atoms with Crippen molar-refractivity contribution >= 4 is 5.78 Å². The molecule has 0 radical (unpaired) electrons. The largest absolute Gasteiger partial charge is 0.493 e. The summed E-state index contributed by atoms with van der Waals surface area (Å²) in [4.78, 5) is 14.0. The first kappa shape index (κ1) is 7.75. The summed E-state index contributed by atoms with van der Waals surface area (Å²) in [5.74, 6) is -5.01. The Morgan fingerprint density at radius 1 is 1.50 bits per heavy atom. The third-order valence-corrected chi connectivity index (χ3v) is 3.76. The molecule has 2 aliphatic heterocycles. The molecule has 3 rings (SSSR count). The Balaban J connectivity index is 2.35. The van der Waals surface area contributed by atoms with Gasteiger partial charge in [0.15, 0.2) is 11.5 Å². The molecule has 0 saturated carbocycles. The van der Waals surface area contributed by atoms with Crippen molar-refractivity contribution in [3.8, 4) is 11.5 Å². The van der Waals surface area contributed by atoms with E-state index in [-0.39, 0.29) is 22.6 Å². The van der Waals surface area contributed by atoms with E-state index in [1.807, 2.05) is 0 Å². The quantitative estimate of drug-likeness (QED) is 0.908. The number of carbonyl (C=O) groups excluding carboxylic acids is 1. The average Bonchev–Trinajstić information content (AvgIpc) is 2.74. The van der Waals surface area contributed by atoms with Crippen LogP contribution in [0.3, 0.4) is 0 Å². The minimum atomic E-state index is -3.62. The second-order valence-electron chi connectivity index (χ2n) is 5.71. The summed E-state index contributed by atoms with van der Waals surface area (Å²) in [5.41, 5.74) is -3.84. The smallest absolute Gasteiger partial charge is 0.161 e. The normalized spacial score (nSPS) is 44.2. The maximum atomic E-state index is 13.5. The van der Waals surface area contributed by atoms with Gasteiger partial charge in [-0.3, -0.25) is 9.69 Å². The molecule has 0 spiro atoms. The number of nitrogens with zero attached hydrogens (tertiary/aromatic N) is 1. The predicted octanol–water partition coefficient (Wildman–Crippen LogP) is 2.35. The zero-order valence-corrected chi connectivity index (χ0v) is 13.6. The Morgan fingerprint density at radius 3 is 2.88 bits per heavy atom. The molecule has 132 valence electrons. The van der Waals surface area contributed by atoms with Crippen LogP contribution in [0.4, 0.5) is 0 Å². The monoisotopic (exact) mass is 345 g/mol. The van der Waals surface area contributed by atoms with E-state index in [4.69, 9.17) is 25.9 Å². The molecule has 0 bridgehead atoms. The SMILES string of the molecule is [2H]C1([2H])C(=O)[C@@]([2H])(C([2H])([2H])C(C)(O)C([2H])([2H])[2H])CN2[C@@H]1c1cc(OC)c(OC)cc1C([2H])([2H])C2([2H])[2H]. The van der Waals surface area contributed by atoms with E-state index in [2.05, 4.69) is 0 Å². The van der Waals surface area contributed by atoms with Gasteiger partial charge in [0, 0.05) is 47.8 Å². The fraction of sp³-hybridized carbons (Fsp3) is 0.632. The lowest BCUT2D eigenvalue weighted by molar-refractivity contribution is -0.131. The lowest BCUT2D eigenvalue weighted by Gasteiger charge is -2.44. The number of carbonyl (C=O) groups is 1. The zero-order valence-electron chi connectivity index (χ0n) is 25.6. The molecule has 0 aliphatic carbocycles. The molecular weight excluding hydrogens is 306 g/mol. The molecule has 1 unspecified atom stereocenters.